The van der Waals surface area contributed by atoms with Crippen molar-refractivity contribution in [2.75, 3.05) is 14.2 Å². The molecule has 1 N–H and O–H groups in total. The summed E-state index contributed by atoms with van der Waals surface area (Å²) in [7, 11) is -0.589. The highest BCUT2D eigenvalue weighted by molar-refractivity contribution is 7.89. The van der Waals surface area contributed by atoms with Gasteiger partial charge in [0.05, 0.1) is 18.6 Å². The first kappa shape index (κ1) is 21.6. The highest BCUT2D eigenvalue weighted by atomic mass is 32.2. The van der Waals surface area contributed by atoms with Crippen LogP contribution < -0.4 is 10.1 Å². The number of rotatable bonds is 8. The number of nitrogens with zero attached hydrogens (tertiary/aromatic N) is 1. The lowest BCUT2D eigenvalue weighted by molar-refractivity contribution is 0.0920. The molecule has 0 fully saturated rings. The number of benzene rings is 2. The summed E-state index contributed by atoms with van der Waals surface area (Å²) < 4.78 is 37.2. The zero-order chi connectivity index (χ0) is 21.7. The topological polar surface area (TPSA) is 88.9 Å². The SMILES string of the molecule is COc1ccc(CNC(=O)c2ccc(CN(C)S(=O)(=O)c3ccc(C)cc3)o2)cc1. The van der Waals surface area contributed by atoms with Gasteiger partial charge in [0.2, 0.25) is 10.0 Å². The Morgan fingerprint density at radius 2 is 1.70 bits per heavy atom. The molecule has 0 atom stereocenters. The van der Waals surface area contributed by atoms with Gasteiger partial charge in [-0.25, -0.2) is 8.42 Å². The normalized spacial score (nSPS) is 11.5. The number of methoxy groups -OCH3 is 1. The first-order valence-corrected chi connectivity index (χ1v) is 10.8. The van der Waals surface area contributed by atoms with Gasteiger partial charge in [0.15, 0.2) is 5.76 Å². The van der Waals surface area contributed by atoms with Crippen LogP contribution >= 0.6 is 0 Å². The molecule has 0 saturated carbocycles. The second-order valence-corrected chi connectivity index (χ2v) is 8.92. The van der Waals surface area contributed by atoms with E-state index in [1.165, 1.54) is 17.4 Å². The number of amides is 1. The van der Waals surface area contributed by atoms with Gasteiger partial charge >= 0.3 is 0 Å². The van der Waals surface area contributed by atoms with E-state index in [2.05, 4.69) is 5.32 Å². The third kappa shape index (κ3) is 5.08. The summed E-state index contributed by atoms with van der Waals surface area (Å²) in [6.45, 7) is 2.24. The molecule has 1 heterocycles. The molecule has 0 spiro atoms. The maximum absolute atomic E-state index is 12.7. The van der Waals surface area contributed by atoms with Crippen LogP contribution in [-0.2, 0) is 23.1 Å². The summed E-state index contributed by atoms with van der Waals surface area (Å²) >= 11 is 0. The molecule has 0 saturated heterocycles. The molecule has 3 aromatic rings. The van der Waals surface area contributed by atoms with E-state index in [1.807, 2.05) is 31.2 Å². The molecule has 8 heteroatoms. The fourth-order valence-electron chi connectivity index (χ4n) is 2.79. The smallest absolute Gasteiger partial charge is 0.287 e. The summed E-state index contributed by atoms with van der Waals surface area (Å²) in [4.78, 5) is 12.5. The van der Waals surface area contributed by atoms with Crippen LogP contribution in [0.25, 0.3) is 0 Å². The average molecular weight is 429 g/mol. The van der Waals surface area contributed by atoms with E-state index < -0.39 is 10.0 Å². The van der Waals surface area contributed by atoms with Crippen LogP contribution in [0.5, 0.6) is 5.75 Å². The number of hydrogen-bond donors (Lipinski definition) is 1. The van der Waals surface area contributed by atoms with Crippen LogP contribution in [0.3, 0.4) is 0 Å². The van der Waals surface area contributed by atoms with Gasteiger partial charge < -0.3 is 14.5 Å². The van der Waals surface area contributed by atoms with Gasteiger partial charge in [-0.2, -0.15) is 4.31 Å². The van der Waals surface area contributed by atoms with Crippen LogP contribution in [0.4, 0.5) is 0 Å². The average Bonchev–Trinajstić information content (AvgIpc) is 3.21. The molecule has 0 aliphatic heterocycles. The lowest BCUT2D eigenvalue weighted by Gasteiger charge is -2.16. The van der Waals surface area contributed by atoms with E-state index >= 15 is 0 Å². The minimum absolute atomic E-state index is 0.0158. The molecule has 0 aliphatic carbocycles. The van der Waals surface area contributed by atoms with E-state index in [4.69, 9.17) is 9.15 Å². The van der Waals surface area contributed by atoms with Crippen LogP contribution in [0, 0.1) is 6.92 Å². The molecule has 1 amide bonds. The number of aryl methyl sites for hydroxylation is 1. The zero-order valence-corrected chi connectivity index (χ0v) is 17.9. The third-order valence-electron chi connectivity index (χ3n) is 4.61. The van der Waals surface area contributed by atoms with Gasteiger partial charge in [-0.15, -0.1) is 0 Å². The van der Waals surface area contributed by atoms with Crippen LogP contribution in [0.15, 0.2) is 70.0 Å². The second-order valence-electron chi connectivity index (χ2n) is 6.87. The van der Waals surface area contributed by atoms with E-state index in [9.17, 15) is 13.2 Å². The summed E-state index contributed by atoms with van der Waals surface area (Å²) in [5, 5.41) is 2.78. The van der Waals surface area contributed by atoms with Crippen LogP contribution in [-0.4, -0.2) is 32.8 Å². The van der Waals surface area contributed by atoms with E-state index in [-0.39, 0.29) is 23.1 Å². The first-order valence-electron chi connectivity index (χ1n) is 9.32. The number of carbonyl (C=O) groups is 1. The van der Waals surface area contributed by atoms with Crippen molar-refractivity contribution in [3.8, 4) is 5.75 Å². The van der Waals surface area contributed by atoms with Crippen molar-refractivity contribution < 1.29 is 22.4 Å². The van der Waals surface area contributed by atoms with E-state index in [0.29, 0.717) is 12.3 Å². The van der Waals surface area contributed by atoms with E-state index in [1.54, 1.807) is 37.4 Å². The van der Waals surface area contributed by atoms with Crippen molar-refractivity contribution in [3.63, 3.8) is 0 Å². The predicted octanol–water partition coefficient (Wildman–Crippen LogP) is 3.35. The minimum Gasteiger partial charge on any atom is -0.497 e. The Morgan fingerprint density at radius 1 is 1.03 bits per heavy atom. The minimum atomic E-state index is -3.65. The monoisotopic (exact) mass is 428 g/mol. The Balaban J connectivity index is 1.60. The highest BCUT2D eigenvalue weighted by Gasteiger charge is 2.22. The molecule has 0 aliphatic rings. The summed E-state index contributed by atoms with van der Waals surface area (Å²) in [5.74, 6) is 0.869. The molecule has 0 bridgehead atoms. The summed E-state index contributed by atoms with van der Waals surface area (Å²) in [6.07, 6.45) is 0. The van der Waals surface area contributed by atoms with Gasteiger partial charge in [0.25, 0.3) is 5.91 Å². The quantitative estimate of drug-likeness (QED) is 0.594. The van der Waals surface area contributed by atoms with Crippen LogP contribution in [0.2, 0.25) is 0 Å². The van der Waals surface area contributed by atoms with Crippen molar-refractivity contribution in [2.24, 2.45) is 0 Å². The zero-order valence-electron chi connectivity index (χ0n) is 17.1. The van der Waals surface area contributed by atoms with Crippen LogP contribution in [0.1, 0.15) is 27.4 Å². The van der Waals surface area contributed by atoms with Gasteiger partial charge in [-0.1, -0.05) is 29.8 Å². The molecule has 7 nitrogen and oxygen atoms in total. The Morgan fingerprint density at radius 3 is 2.33 bits per heavy atom. The Labute approximate surface area is 176 Å². The molecule has 2 aromatic carbocycles. The Kier molecular flexibility index (Phi) is 6.59. The lowest BCUT2D eigenvalue weighted by Crippen LogP contribution is -2.26. The summed E-state index contributed by atoms with van der Waals surface area (Å²) in [5.41, 5.74) is 1.90. The van der Waals surface area contributed by atoms with Gasteiger partial charge in [-0.05, 0) is 48.9 Å². The molecule has 158 valence electrons. The predicted molar refractivity (Wildman–Crippen MR) is 113 cm³/mol. The van der Waals surface area contributed by atoms with Crippen molar-refractivity contribution in [2.45, 2.75) is 24.9 Å². The molecule has 30 heavy (non-hydrogen) atoms. The number of nitrogens with one attached hydrogen (secondary N) is 1. The number of furan rings is 1. The van der Waals surface area contributed by atoms with Gasteiger partial charge in [-0.3, -0.25) is 4.79 Å². The molecular formula is C22H24N2O5S. The number of hydrogen-bond acceptors (Lipinski definition) is 5. The van der Waals surface area contributed by atoms with Gasteiger partial charge in [0.1, 0.15) is 11.5 Å². The fraction of sp³-hybridized carbons (Fsp3) is 0.227. The third-order valence-corrected chi connectivity index (χ3v) is 6.42. The Bertz CT molecular complexity index is 1100. The number of ether oxygens (including phenoxy) is 1. The lowest BCUT2D eigenvalue weighted by atomic mass is 10.2. The maximum Gasteiger partial charge on any atom is 0.287 e. The molecule has 0 radical (unpaired) electrons. The standard InChI is InChI=1S/C22H24N2O5S/c1-16-4-11-20(12-5-16)30(26,27)24(2)15-19-10-13-21(29-19)22(25)23-14-17-6-8-18(28-3)9-7-17/h4-13H,14-15H2,1-3H3,(H,23,25). The fourth-order valence-corrected chi connectivity index (χ4v) is 3.93. The van der Waals surface area contributed by atoms with Gasteiger partial charge in [0, 0.05) is 13.6 Å². The highest BCUT2D eigenvalue weighted by Crippen LogP contribution is 2.19. The Hall–Kier alpha value is -3.10. The molecule has 1 aromatic heterocycles. The summed E-state index contributed by atoms with van der Waals surface area (Å²) in [6, 6.07) is 17.1. The van der Waals surface area contributed by atoms with Crippen molar-refractivity contribution >= 4 is 15.9 Å². The maximum atomic E-state index is 12.7. The second kappa shape index (κ2) is 9.15. The van der Waals surface area contributed by atoms with E-state index in [0.717, 1.165) is 16.9 Å². The molecular weight excluding hydrogens is 404 g/mol. The van der Waals surface area contributed by atoms with Crippen molar-refractivity contribution in [1.82, 2.24) is 9.62 Å². The number of carbonyl (C=O) groups excluding carboxylic acids is 1. The van der Waals surface area contributed by atoms with Crippen molar-refractivity contribution in [3.05, 3.63) is 83.3 Å². The number of sulfonamides is 1. The van der Waals surface area contributed by atoms with Crippen molar-refractivity contribution in [1.29, 1.82) is 0 Å². The first-order chi connectivity index (χ1) is 14.3. The molecule has 3 rings (SSSR count). The molecule has 0 unspecified atom stereocenters. The largest absolute Gasteiger partial charge is 0.497 e.